The zero-order chi connectivity index (χ0) is 14.7. The molecule has 1 rings (SSSR count). The summed E-state index contributed by atoms with van der Waals surface area (Å²) in [6.45, 7) is 7.78. The molecule has 1 aromatic carbocycles. The van der Waals surface area contributed by atoms with E-state index in [0.29, 0.717) is 5.75 Å². The number of rotatable bonds is 5. The molecule has 0 heterocycles. The number of ether oxygens (including phenoxy) is 1. The van der Waals surface area contributed by atoms with Crippen molar-refractivity contribution >= 4 is 5.97 Å². The molecule has 3 heteroatoms. The van der Waals surface area contributed by atoms with Gasteiger partial charge in [-0.05, 0) is 19.1 Å². The molecular weight excluding hydrogens is 238 g/mol. The molecule has 0 aliphatic heterocycles. The van der Waals surface area contributed by atoms with Gasteiger partial charge in [0.25, 0.3) is 0 Å². The summed E-state index contributed by atoms with van der Waals surface area (Å²) in [5.41, 5.74) is 0.915. The number of para-hydroxylation sites is 1. The maximum Gasteiger partial charge on any atom is 0.335 e. The molecule has 0 saturated carbocycles. The van der Waals surface area contributed by atoms with Crippen LogP contribution in [0.4, 0.5) is 0 Å². The largest absolute Gasteiger partial charge is 0.423 e. The van der Waals surface area contributed by atoms with Gasteiger partial charge in [0.1, 0.15) is 11.3 Å². The topological polar surface area (TPSA) is 26.3 Å². The lowest BCUT2D eigenvalue weighted by Crippen LogP contribution is -2.52. The summed E-state index contributed by atoms with van der Waals surface area (Å²) in [4.78, 5) is 11.5. The second-order valence-electron chi connectivity index (χ2n) is 5.76. The van der Waals surface area contributed by atoms with E-state index in [0.717, 1.165) is 16.5 Å². The van der Waals surface area contributed by atoms with E-state index < -0.39 is 5.97 Å². The van der Waals surface area contributed by atoms with Gasteiger partial charge in [-0.1, -0.05) is 25.6 Å². The summed E-state index contributed by atoms with van der Waals surface area (Å²) in [6, 6.07) is 7.71. The average molecular weight is 262 g/mol. The van der Waals surface area contributed by atoms with Crippen LogP contribution in [0.2, 0.25) is 0 Å². The molecule has 0 bridgehead atoms. The van der Waals surface area contributed by atoms with E-state index in [4.69, 9.17) is 4.74 Å². The maximum atomic E-state index is 11.5. The van der Waals surface area contributed by atoms with Gasteiger partial charge in [0.15, 0.2) is 0 Å². The number of benzene rings is 1. The number of quaternary nitrogens is 1. The van der Waals surface area contributed by atoms with Crippen LogP contribution >= 0.6 is 0 Å². The number of carbonyl (C=O) groups excluding carboxylic acids is 1. The van der Waals surface area contributed by atoms with Gasteiger partial charge >= 0.3 is 5.97 Å². The Labute approximate surface area is 116 Å². The zero-order valence-electron chi connectivity index (χ0n) is 12.6. The Hall–Kier alpha value is -1.61. The van der Waals surface area contributed by atoms with E-state index in [1.54, 1.807) is 0 Å². The first-order valence-corrected chi connectivity index (χ1v) is 6.51. The summed E-state index contributed by atoms with van der Waals surface area (Å²) in [6.07, 6.45) is 2.13. The minimum Gasteiger partial charge on any atom is -0.423 e. The Morgan fingerprint density at radius 3 is 2.42 bits per heavy atom. The predicted octanol–water partition coefficient (Wildman–Crippen LogP) is 3.11. The Morgan fingerprint density at radius 1 is 1.37 bits per heavy atom. The summed E-state index contributed by atoms with van der Waals surface area (Å²) < 4.78 is 6.13. The minimum atomic E-state index is -0.424. The third-order valence-electron chi connectivity index (χ3n) is 4.01. The molecule has 3 nitrogen and oxygen atoms in total. The molecule has 0 fully saturated rings. The predicted molar refractivity (Wildman–Crippen MR) is 77.9 cm³/mol. The van der Waals surface area contributed by atoms with Crippen molar-refractivity contribution in [2.45, 2.75) is 25.8 Å². The van der Waals surface area contributed by atoms with Crippen LogP contribution in [0.15, 0.2) is 36.9 Å². The molecule has 19 heavy (non-hydrogen) atoms. The van der Waals surface area contributed by atoms with Gasteiger partial charge < -0.3 is 9.22 Å². The number of esters is 1. The van der Waals surface area contributed by atoms with Crippen LogP contribution in [0.5, 0.6) is 5.75 Å². The van der Waals surface area contributed by atoms with Crippen molar-refractivity contribution in [2.24, 2.45) is 0 Å². The van der Waals surface area contributed by atoms with Crippen LogP contribution in [0, 0.1) is 0 Å². The highest BCUT2D eigenvalue weighted by Gasteiger charge is 2.40. The molecule has 1 unspecified atom stereocenters. The van der Waals surface area contributed by atoms with Crippen LogP contribution < -0.4 is 4.74 Å². The van der Waals surface area contributed by atoms with Crippen molar-refractivity contribution in [3.8, 4) is 5.75 Å². The standard InChI is InChI=1S/C16H24NO2/c1-7-15(18)19-14-12-10-9-11-13(14)16(3,8-2)17(4,5)6/h7,9-12H,1,8H2,2-6H3/q+1. The van der Waals surface area contributed by atoms with Crippen molar-refractivity contribution in [1.82, 2.24) is 0 Å². The van der Waals surface area contributed by atoms with E-state index in [2.05, 4.69) is 41.6 Å². The summed E-state index contributed by atoms with van der Waals surface area (Å²) in [5.74, 6) is 0.192. The quantitative estimate of drug-likeness (QED) is 0.353. The van der Waals surface area contributed by atoms with E-state index in [9.17, 15) is 4.79 Å². The second-order valence-corrected chi connectivity index (χ2v) is 5.76. The number of nitrogens with zero attached hydrogens (tertiary/aromatic N) is 1. The van der Waals surface area contributed by atoms with E-state index >= 15 is 0 Å². The Kier molecular flexibility index (Phi) is 4.53. The molecule has 0 aliphatic rings. The van der Waals surface area contributed by atoms with Crippen LogP contribution in [0.1, 0.15) is 25.8 Å². The monoisotopic (exact) mass is 262 g/mol. The second kappa shape index (κ2) is 5.57. The Bertz CT molecular complexity index is 474. The third kappa shape index (κ3) is 3.04. The molecule has 0 aliphatic carbocycles. The first kappa shape index (κ1) is 15.4. The zero-order valence-corrected chi connectivity index (χ0v) is 12.6. The molecule has 1 aromatic rings. The van der Waals surface area contributed by atoms with Gasteiger partial charge in [-0.2, -0.15) is 0 Å². The fourth-order valence-electron chi connectivity index (χ4n) is 2.18. The molecule has 0 radical (unpaired) electrons. The molecule has 104 valence electrons. The van der Waals surface area contributed by atoms with Gasteiger partial charge in [0, 0.05) is 12.5 Å². The summed E-state index contributed by atoms with van der Waals surface area (Å²) >= 11 is 0. The lowest BCUT2D eigenvalue weighted by atomic mass is 9.85. The van der Waals surface area contributed by atoms with Gasteiger partial charge in [-0.15, -0.1) is 0 Å². The van der Waals surface area contributed by atoms with Crippen molar-refractivity contribution in [3.63, 3.8) is 0 Å². The van der Waals surface area contributed by atoms with Crippen LogP contribution in [-0.4, -0.2) is 31.6 Å². The highest BCUT2D eigenvalue weighted by Crippen LogP contribution is 2.39. The highest BCUT2D eigenvalue weighted by atomic mass is 16.5. The third-order valence-corrected chi connectivity index (χ3v) is 4.01. The van der Waals surface area contributed by atoms with Crippen LogP contribution in [-0.2, 0) is 10.3 Å². The molecule has 1 atom stereocenters. The molecule has 0 spiro atoms. The maximum absolute atomic E-state index is 11.5. The number of hydrogen-bond donors (Lipinski definition) is 0. The fourth-order valence-corrected chi connectivity index (χ4v) is 2.18. The van der Waals surface area contributed by atoms with Crippen molar-refractivity contribution < 1.29 is 14.0 Å². The number of carbonyl (C=O) groups is 1. The Balaban J connectivity index is 3.33. The highest BCUT2D eigenvalue weighted by molar-refractivity contribution is 5.83. The molecule has 0 saturated heterocycles. The van der Waals surface area contributed by atoms with Gasteiger partial charge in [0.2, 0.25) is 0 Å². The molecule has 0 N–H and O–H groups in total. The van der Waals surface area contributed by atoms with Crippen LogP contribution in [0.25, 0.3) is 0 Å². The van der Waals surface area contributed by atoms with Gasteiger partial charge in [0.05, 0.1) is 26.7 Å². The van der Waals surface area contributed by atoms with Crippen molar-refractivity contribution in [1.29, 1.82) is 0 Å². The van der Waals surface area contributed by atoms with Crippen LogP contribution in [0.3, 0.4) is 0 Å². The molecule has 0 aromatic heterocycles. The van der Waals surface area contributed by atoms with E-state index in [1.807, 2.05) is 24.3 Å². The number of hydrogen-bond acceptors (Lipinski definition) is 2. The molecular formula is C16H24NO2+. The van der Waals surface area contributed by atoms with Gasteiger partial charge in [-0.25, -0.2) is 4.79 Å². The van der Waals surface area contributed by atoms with E-state index in [1.165, 1.54) is 6.08 Å². The Morgan fingerprint density at radius 2 is 1.95 bits per heavy atom. The normalized spacial score (nSPS) is 14.6. The SMILES string of the molecule is C=CC(=O)Oc1ccccc1C(C)(CC)[N+](C)(C)C. The summed E-state index contributed by atoms with van der Waals surface area (Å²) in [5, 5.41) is 0. The first-order valence-electron chi connectivity index (χ1n) is 6.51. The smallest absolute Gasteiger partial charge is 0.335 e. The lowest BCUT2D eigenvalue weighted by molar-refractivity contribution is -0.930. The molecule has 0 amide bonds. The lowest BCUT2D eigenvalue weighted by Gasteiger charge is -2.44. The van der Waals surface area contributed by atoms with Gasteiger partial charge in [-0.3, -0.25) is 0 Å². The van der Waals surface area contributed by atoms with Crippen molar-refractivity contribution in [2.75, 3.05) is 21.1 Å². The fraction of sp³-hybridized carbons (Fsp3) is 0.438. The summed E-state index contributed by atoms with van der Waals surface area (Å²) in [7, 11) is 6.45. The average Bonchev–Trinajstić information content (AvgIpc) is 2.37. The first-order chi connectivity index (χ1) is 8.76. The van der Waals surface area contributed by atoms with Crippen molar-refractivity contribution in [3.05, 3.63) is 42.5 Å². The minimum absolute atomic E-state index is 0.127. The van der Waals surface area contributed by atoms with E-state index in [-0.39, 0.29) is 5.54 Å².